The maximum Gasteiger partial charge on any atom is 0.220 e. The van der Waals surface area contributed by atoms with E-state index in [1.807, 2.05) is 6.08 Å². The molecule has 3 N–H and O–H groups in total. The Bertz CT molecular complexity index is 916. The second kappa shape index (κ2) is 55.2. The number of aliphatic hydroxyl groups excluding tert-OH is 2. The molecule has 0 heterocycles. The fourth-order valence-corrected chi connectivity index (χ4v) is 9.26. The van der Waals surface area contributed by atoms with Gasteiger partial charge >= 0.3 is 0 Å². The van der Waals surface area contributed by atoms with Gasteiger partial charge in [-0.2, -0.15) is 0 Å². The molecule has 2 unspecified atom stereocenters. The molecule has 2 atom stereocenters. The topological polar surface area (TPSA) is 69.6 Å². The average Bonchev–Trinajstić information content (AvgIpc) is 3.29. The first-order chi connectivity index (χ1) is 31.2. The molecule has 0 spiro atoms. The lowest BCUT2D eigenvalue weighted by molar-refractivity contribution is -0.123. The molecule has 4 heteroatoms. The molecular formula is C59H115NO3. The van der Waals surface area contributed by atoms with Crippen molar-refractivity contribution in [3.8, 4) is 0 Å². The molecule has 0 aliphatic carbocycles. The van der Waals surface area contributed by atoms with Gasteiger partial charge < -0.3 is 15.5 Å². The summed E-state index contributed by atoms with van der Waals surface area (Å²) in [6.07, 6.45) is 73.9. The fraction of sp³-hybridized carbons (Fsp3) is 0.915. The number of allylic oxidation sites excluding steroid dienone is 3. The van der Waals surface area contributed by atoms with E-state index in [4.69, 9.17) is 0 Å². The van der Waals surface area contributed by atoms with E-state index in [1.165, 1.54) is 276 Å². The number of carbonyl (C=O) groups is 1. The predicted molar refractivity (Wildman–Crippen MR) is 281 cm³/mol. The Morgan fingerprint density at radius 1 is 0.365 bits per heavy atom. The summed E-state index contributed by atoms with van der Waals surface area (Å²) >= 11 is 0. The van der Waals surface area contributed by atoms with E-state index in [0.29, 0.717) is 6.42 Å². The second-order valence-corrected chi connectivity index (χ2v) is 20.1. The minimum Gasteiger partial charge on any atom is -0.394 e. The first-order valence-electron chi connectivity index (χ1n) is 29.1. The molecule has 374 valence electrons. The molecule has 63 heavy (non-hydrogen) atoms. The molecule has 0 aliphatic rings. The second-order valence-electron chi connectivity index (χ2n) is 20.1. The van der Waals surface area contributed by atoms with Crippen LogP contribution in [0.25, 0.3) is 0 Å². The smallest absolute Gasteiger partial charge is 0.220 e. The lowest BCUT2D eigenvalue weighted by Crippen LogP contribution is -2.45. The van der Waals surface area contributed by atoms with Crippen molar-refractivity contribution < 1.29 is 15.0 Å². The van der Waals surface area contributed by atoms with Gasteiger partial charge in [0.2, 0.25) is 5.91 Å². The maximum atomic E-state index is 12.4. The summed E-state index contributed by atoms with van der Waals surface area (Å²) in [5.74, 6) is -0.0694. The number of nitrogens with one attached hydrogen (secondary N) is 1. The summed E-state index contributed by atoms with van der Waals surface area (Å²) in [7, 11) is 0. The molecule has 4 nitrogen and oxygen atoms in total. The van der Waals surface area contributed by atoms with Gasteiger partial charge in [-0.25, -0.2) is 0 Å². The molecule has 0 rings (SSSR count). The summed E-state index contributed by atoms with van der Waals surface area (Å²) in [4.78, 5) is 12.4. The maximum absolute atomic E-state index is 12.4. The van der Waals surface area contributed by atoms with Crippen molar-refractivity contribution in [3.63, 3.8) is 0 Å². The summed E-state index contributed by atoms with van der Waals surface area (Å²) in [6, 6.07) is -0.634. The quantitative estimate of drug-likeness (QED) is 0.0421. The monoisotopic (exact) mass is 886 g/mol. The van der Waals surface area contributed by atoms with E-state index >= 15 is 0 Å². The SMILES string of the molecule is CCCCCCC/C=C/CC/C=C/C(O)C(CO)NC(=O)CCCCCCCCCCCCCCCCCCCCCCCCCCCCCCCCCCCCCCCCCC. The van der Waals surface area contributed by atoms with E-state index < -0.39 is 12.1 Å². The summed E-state index contributed by atoms with van der Waals surface area (Å²) in [6.45, 7) is 4.30. The van der Waals surface area contributed by atoms with Crippen molar-refractivity contribution >= 4 is 5.91 Å². The number of rotatable bonds is 54. The highest BCUT2D eigenvalue weighted by Gasteiger charge is 2.18. The van der Waals surface area contributed by atoms with Crippen LogP contribution in [-0.2, 0) is 4.79 Å². The number of aliphatic hydroxyl groups is 2. The van der Waals surface area contributed by atoms with Crippen molar-refractivity contribution in [3.05, 3.63) is 24.3 Å². The zero-order chi connectivity index (χ0) is 45.6. The zero-order valence-corrected chi connectivity index (χ0v) is 43.1. The van der Waals surface area contributed by atoms with Crippen molar-refractivity contribution in [2.75, 3.05) is 6.61 Å². The Hall–Kier alpha value is -1.13. The zero-order valence-electron chi connectivity index (χ0n) is 43.1. The first-order valence-corrected chi connectivity index (χ1v) is 29.1. The third-order valence-electron chi connectivity index (χ3n) is 13.7. The number of amides is 1. The van der Waals surface area contributed by atoms with Crippen molar-refractivity contribution in [2.45, 2.75) is 341 Å². The number of hydrogen-bond acceptors (Lipinski definition) is 3. The first kappa shape index (κ1) is 61.9. The van der Waals surface area contributed by atoms with E-state index in [0.717, 1.165) is 32.1 Å². The highest BCUT2D eigenvalue weighted by Crippen LogP contribution is 2.18. The number of hydrogen-bond donors (Lipinski definition) is 3. The van der Waals surface area contributed by atoms with Crippen LogP contribution < -0.4 is 5.32 Å². The summed E-state index contributed by atoms with van der Waals surface area (Å²) in [5.41, 5.74) is 0. The van der Waals surface area contributed by atoms with Gasteiger partial charge in [-0.15, -0.1) is 0 Å². The minimum atomic E-state index is -0.857. The van der Waals surface area contributed by atoms with Gasteiger partial charge in [-0.3, -0.25) is 4.79 Å². The van der Waals surface area contributed by atoms with Crippen LogP contribution in [0.3, 0.4) is 0 Å². The predicted octanol–water partition coefficient (Wildman–Crippen LogP) is 19.1. The Balaban J connectivity index is 3.32. The Kier molecular flexibility index (Phi) is 54.2. The van der Waals surface area contributed by atoms with Crippen LogP contribution in [0.5, 0.6) is 0 Å². The molecule has 0 aromatic carbocycles. The fourth-order valence-electron chi connectivity index (χ4n) is 9.26. The lowest BCUT2D eigenvalue weighted by Gasteiger charge is -2.19. The van der Waals surface area contributed by atoms with Gasteiger partial charge in [-0.1, -0.05) is 314 Å². The Morgan fingerprint density at radius 2 is 0.619 bits per heavy atom. The molecule has 0 fully saturated rings. The van der Waals surface area contributed by atoms with E-state index in [1.54, 1.807) is 6.08 Å². The van der Waals surface area contributed by atoms with Gasteiger partial charge in [0.15, 0.2) is 0 Å². The van der Waals surface area contributed by atoms with Crippen molar-refractivity contribution in [1.29, 1.82) is 0 Å². The Labute approximate surface area is 396 Å². The molecule has 0 aromatic rings. The van der Waals surface area contributed by atoms with Gasteiger partial charge in [0.1, 0.15) is 0 Å². The lowest BCUT2D eigenvalue weighted by atomic mass is 10.0. The molecule has 1 amide bonds. The normalized spacial score (nSPS) is 12.9. The van der Waals surface area contributed by atoms with Crippen LogP contribution in [0.1, 0.15) is 328 Å². The Morgan fingerprint density at radius 3 is 0.921 bits per heavy atom. The average molecular weight is 887 g/mol. The van der Waals surface area contributed by atoms with Gasteiger partial charge in [-0.05, 0) is 32.1 Å². The highest BCUT2D eigenvalue weighted by molar-refractivity contribution is 5.76. The van der Waals surface area contributed by atoms with Crippen molar-refractivity contribution in [1.82, 2.24) is 5.32 Å². The van der Waals surface area contributed by atoms with E-state index in [9.17, 15) is 15.0 Å². The van der Waals surface area contributed by atoms with Crippen molar-refractivity contribution in [2.24, 2.45) is 0 Å². The third-order valence-corrected chi connectivity index (χ3v) is 13.7. The minimum absolute atomic E-state index is 0.0694. The molecular weight excluding hydrogens is 771 g/mol. The molecule has 0 aliphatic heterocycles. The molecule has 0 bridgehead atoms. The number of carbonyl (C=O) groups excluding carboxylic acids is 1. The number of unbranched alkanes of at least 4 members (excludes halogenated alkanes) is 45. The van der Waals surface area contributed by atoms with Crippen LogP contribution >= 0.6 is 0 Å². The van der Waals surface area contributed by atoms with E-state index in [-0.39, 0.29) is 12.5 Å². The van der Waals surface area contributed by atoms with Crippen LogP contribution in [0.4, 0.5) is 0 Å². The van der Waals surface area contributed by atoms with Gasteiger partial charge in [0.05, 0.1) is 18.8 Å². The van der Waals surface area contributed by atoms with Crippen LogP contribution in [0, 0.1) is 0 Å². The largest absolute Gasteiger partial charge is 0.394 e. The summed E-state index contributed by atoms with van der Waals surface area (Å²) in [5, 5.41) is 23.0. The van der Waals surface area contributed by atoms with E-state index in [2.05, 4.69) is 31.3 Å². The molecule has 0 radical (unpaired) electrons. The third kappa shape index (κ3) is 51.7. The van der Waals surface area contributed by atoms with Gasteiger partial charge in [0, 0.05) is 6.42 Å². The van der Waals surface area contributed by atoms with Gasteiger partial charge in [0.25, 0.3) is 0 Å². The molecule has 0 aromatic heterocycles. The van der Waals surface area contributed by atoms with Crippen LogP contribution in [0.2, 0.25) is 0 Å². The summed E-state index contributed by atoms with van der Waals surface area (Å²) < 4.78 is 0. The van der Waals surface area contributed by atoms with Crippen LogP contribution in [-0.4, -0.2) is 34.9 Å². The highest BCUT2D eigenvalue weighted by atomic mass is 16.3. The standard InChI is InChI=1S/C59H115NO3/c1-3-5-7-9-11-13-15-16-17-18-19-20-21-22-23-24-25-26-27-28-29-30-31-32-33-34-35-36-37-38-39-40-41-42-43-45-47-49-51-53-55-59(63)60-57(56-61)58(62)54-52-50-48-46-44-14-12-10-8-6-4-2/h44,46,52,54,57-58,61-62H,3-43,45,47-51,53,55-56H2,1-2H3,(H,60,63)/b46-44+,54-52+. The molecule has 0 saturated carbocycles. The molecule has 0 saturated heterocycles. The van der Waals surface area contributed by atoms with Crippen LogP contribution in [0.15, 0.2) is 24.3 Å².